The van der Waals surface area contributed by atoms with E-state index in [1.807, 2.05) is 29.3 Å². The maximum Gasteiger partial charge on any atom is 0.224 e. The van der Waals surface area contributed by atoms with Crippen molar-refractivity contribution in [3.8, 4) is 0 Å². The van der Waals surface area contributed by atoms with Gasteiger partial charge < -0.3 is 4.90 Å². The van der Waals surface area contributed by atoms with E-state index in [0.717, 1.165) is 44.3 Å². The van der Waals surface area contributed by atoms with Gasteiger partial charge in [-0.1, -0.05) is 18.2 Å². The maximum atomic E-state index is 13.7. The zero-order valence-electron chi connectivity index (χ0n) is 13.9. The third-order valence-corrected chi connectivity index (χ3v) is 4.77. The Kier molecular flexibility index (Phi) is 5.62. The van der Waals surface area contributed by atoms with Crippen molar-refractivity contribution in [2.24, 2.45) is 5.92 Å². The molecule has 1 aromatic carbocycles. The highest BCUT2D eigenvalue weighted by Gasteiger charge is 2.23. The van der Waals surface area contributed by atoms with Crippen molar-refractivity contribution in [1.29, 1.82) is 0 Å². The van der Waals surface area contributed by atoms with Crippen molar-refractivity contribution in [3.63, 3.8) is 0 Å². The number of hydrogen-bond donors (Lipinski definition) is 0. The number of likely N-dealkylation sites (tertiary alicyclic amines) is 1. The maximum absolute atomic E-state index is 13.7. The van der Waals surface area contributed by atoms with E-state index < -0.39 is 0 Å². The molecule has 1 amide bonds. The van der Waals surface area contributed by atoms with Crippen molar-refractivity contribution in [2.75, 3.05) is 13.1 Å². The van der Waals surface area contributed by atoms with Gasteiger partial charge in [0.1, 0.15) is 5.82 Å². The van der Waals surface area contributed by atoms with E-state index in [1.54, 1.807) is 16.9 Å². The van der Waals surface area contributed by atoms with E-state index in [9.17, 15) is 9.18 Å². The van der Waals surface area contributed by atoms with Crippen LogP contribution in [0.15, 0.2) is 42.7 Å². The second-order valence-corrected chi connectivity index (χ2v) is 6.50. The van der Waals surface area contributed by atoms with Crippen molar-refractivity contribution >= 4 is 5.91 Å². The molecule has 0 bridgehead atoms. The van der Waals surface area contributed by atoms with Crippen LogP contribution in [0.3, 0.4) is 0 Å². The molecule has 0 radical (unpaired) electrons. The Morgan fingerprint density at radius 1 is 1.29 bits per heavy atom. The van der Waals surface area contributed by atoms with Crippen molar-refractivity contribution in [2.45, 2.75) is 38.6 Å². The number of halogens is 1. The van der Waals surface area contributed by atoms with Crippen LogP contribution in [0, 0.1) is 11.7 Å². The number of aromatic nitrogens is 2. The number of carbonyl (C=O) groups excluding carboxylic acids is 1. The molecule has 5 heteroatoms. The molecular weight excluding hydrogens is 305 g/mol. The van der Waals surface area contributed by atoms with Gasteiger partial charge in [-0.2, -0.15) is 5.10 Å². The first-order valence-electron chi connectivity index (χ1n) is 8.71. The number of aryl methyl sites for hydroxylation is 2. The van der Waals surface area contributed by atoms with Gasteiger partial charge in [-0.25, -0.2) is 4.39 Å². The second kappa shape index (κ2) is 8.08. The SMILES string of the molecule is O=C(CCn1cccn1)N1CCCC(CCc2ccccc2F)C1. The zero-order valence-corrected chi connectivity index (χ0v) is 13.9. The number of rotatable bonds is 6. The summed E-state index contributed by atoms with van der Waals surface area (Å²) in [6.07, 6.45) is 7.93. The molecule has 1 aliphatic rings. The van der Waals surface area contributed by atoms with E-state index in [4.69, 9.17) is 0 Å². The summed E-state index contributed by atoms with van der Waals surface area (Å²) in [4.78, 5) is 14.4. The van der Waals surface area contributed by atoms with E-state index in [0.29, 0.717) is 18.9 Å². The Hall–Kier alpha value is -2.17. The highest BCUT2D eigenvalue weighted by Crippen LogP contribution is 2.23. The molecule has 1 atom stereocenters. The van der Waals surface area contributed by atoms with Gasteiger partial charge >= 0.3 is 0 Å². The van der Waals surface area contributed by atoms with Crippen LogP contribution in [0.2, 0.25) is 0 Å². The van der Waals surface area contributed by atoms with E-state index in [1.165, 1.54) is 6.07 Å². The van der Waals surface area contributed by atoms with Gasteiger partial charge in [0.25, 0.3) is 0 Å². The van der Waals surface area contributed by atoms with Gasteiger partial charge in [0.05, 0.1) is 0 Å². The summed E-state index contributed by atoms with van der Waals surface area (Å²) in [6.45, 7) is 2.27. The Balaban J connectivity index is 1.47. The number of carbonyl (C=O) groups is 1. The van der Waals surface area contributed by atoms with Gasteiger partial charge in [-0.05, 0) is 49.3 Å². The quantitative estimate of drug-likeness (QED) is 0.816. The lowest BCUT2D eigenvalue weighted by Crippen LogP contribution is -2.40. The first-order chi connectivity index (χ1) is 11.7. The first-order valence-corrected chi connectivity index (χ1v) is 8.71. The molecular formula is C19H24FN3O. The molecule has 1 aromatic heterocycles. The molecule has 0 saturated carbocycles. The van der Waals surface area contributed by atoms with Gasteiger partial charge in [-0.15, -0.1) is 0 Å². The van der Waals surface area contributed by atoms with Crippen LogP contribution >= 0.6 is 0 Å². The Morgan fingerprint density at radius 3 is 2.96 bits per heavy atom. The minimum atomic E-state index is -0.125. The Labute approximate surface area is 142 Å². The lowest BCUT2D eigenvalue weighted by molar-refractivity contribution is -0.133. The van der Waals surface area contributed by atoms with Gasteiger partial charge in [0.2, 0.25) is 5.91 Å². The summed E-state index contributed by atoms with van der Waals surface area (Å²) >= 11 is 0. The lowest BCUT2D eigenvalue weighted by Gasteiger charge is -2.33. The molecule has 1 saturated heterocycles. The van der Waals surface area contributed by atoms with Crippen LogP contribution in [0.25, 0.3) is 0 Å². The van der Waals surface area contributed by atoms with Crippen molar-refractivity contribution < 1.29 is 9.18 Å². The monoisotopic (exact) mass is 329 g/mol. The minimum absolute atomic E-state index is 0.125. The van der Waals surface area contributed by atoms with E-state index in [2.05, 4.69) is 5.10 Å². The second-order valence-electron chi connectivity index (χ2n) is 6.50. The molecule has 3 rings (SSSR count). The van der Waals surface area contributed by atoms with Crippen LogP contribution in [-0.2, 0) is 17.8 Å². The highest BCUT2D eigenvalue weighted by molar-refractivity contribution is 5.76. The van der Waals surface area contributed by atoms with E-state index >= 15 is 0 Å². The molecule has 24 heavy (non-hydrogen) atoms. The third kappa shape index (κ3) is 4.43. The van der Waals surface area contributed by atoms with E-state index in [-0.39, 0.29) is 11.7 Å². The van der Waals surface area contributed by atoms with Crippen LogP contribution in [0.4, 0.5) is 4.39 Å². The summed E-state index contributed by atoms with van der Waals surface area (Å²) < 4.78 is 15.5. The number of hydrogen-bond acceptors (Lipinski definition) is 2. The van der Waals surface area contributed by atoms with Gasteiger partial charge in [0.15, 0.2) is 0 Å². The average molecular weight is 329 g/mol. The summed E-state index contributed by atoms with van der Waals surface area (Å²) in [6, 6.07) is 8.83. The molecule has 128 valence electrons. The summed E-state index contributed by atoms with van der Waals surface area (Å²) in [7, 11) is 0. The molecule has 4 nitrogen and oxygen atoms in total. The van der Waals surface area contributed by atoms with Crippen LogP contribution < -0.4 is 0 Å². The highest BCUT2D eigenvalue weighted by atomic mass is 19.1. The third-order valence-electron chi connectivity index (χ3n) is 4.77. The smallest absolute Gasteiger partial charge is 0.224 e. The lowest BCUT2D eigenvalue weighted by atomic mass is 9.91. The normalized spacial score (nSPS) is 17.9. The number of piperidine rings is 1. The summed E-state index contributed by atoms with van der Waals surface area (Å²) in [5.74, 6) is 0.536. The number of benzene rings is 1. The van der Waals surface area contributed by atoms with Crippen molar-refractivity contribution in [3.05, 3.63) is 54.1 Å². The predicted octanol–water partition coefficient (Wildman–Crippen LogP) is 3.28. The molecule has 1 unspecified atom stereocenters. The van der Waals surface area contributed by atoms with Crippen LogP contribution in [0.5, 0.6) is 0 Å². The fourth-order valence-corrected chi connectivity index (χ4v) is 3.39. The minimum Gasteiger partial charge on any atom is -0.342 e. The Morgan fingerprint density at radius 2 is 2.17 bits per heavy atom. The predicted molar refractivity (Wildman–Crippen MR) is 90.9 cm³/mol. The fraction of sp³-hybridized carbons (Fsp3) is 0.474. The molecule has 2 heterocycles. The van der Waals surface area contributed by atoms with Crippen LogP contribution in [0.1, 0.15) is 31.2 Å². The molecule has 2 aromatic rings. The molecule has 0 N–H and O–H groups in total. The summed E-state index contributed by atoms with van der Waals surface area (Å²) in [5, 5.41) is 4.13. The molecule has 1 aliphatic heterocycles. The molecule has 1 fully saturated rings. The first kappa shape index (κ1) is 16.7. The Bertz CT molecular complexity index is 656. The van der Waals surface area contributed by atoms with Crippen LogP contribution in [-0.4, -0.2) is 33.7 Å². The fourth-order valence-electron chi connectivity index (χ4n) is 3.39. The summed E-state index contributed by atoms with van der Waals surface area (Å²) in [5.41, 5.74) is 0.777. The number of amides is 1. The zero-order chi connectivity index (χ0) is 16.8. The molecule has 0 aliphatic carbocycles. The largest absolute Gasteiger partial charge is 0.342 e. The topological polar surface area (TPSA) is 38.1 Å². The molecule has 0 spiro atoms. The van der Waals surface area contributed by atoms with Gasteiger partial charge in [0, 0.05) is 38.4 Å². The van der Waals surface area contributed by atoms with Gasteiger partial charge in [-0.3, -0.25) is 9.48 Å². The average Bonchev–Trinajstić information content (AvgIpc) is 3.13. The van der Waals surface area contributed by atoms with Crippen molar-refractivity contribution in [1.82, 2.24) is 14.7 Å². The number of nitrogens with zero attached hydrogens (tertiary/aromatic N) is 3. The standard InChI is InChI=1S/C19H24FN3O/c20-18-7-2-1-6-17(18)9-8-16-5-3-12-22(15-16)19(24)10-14-23-13-4-11-21-23/h1-2,4,6-7,11,13,16H,3,5,8-10,12,14-15H2.